The Hall–Kier alpha value is -4.20. The predicted octanol–water partition coefficient (Wildman–Crippen LogP) is 4.14. The fraction of sp³-hybridized carbons (Fsp3) is 0.259. The molecule has 3 aromatic carbocycles. The number of anilines is 1. The van der Waals surface area contributed by atoms with Crippen molar-refractivity contribution in [3.63, 3.8) is 0 Å². The first-order valence-corrected chi connectivity index (χ1v) is 11.3. The molecule has 4 rings (SSSR count). The zero-order valence-electron chi connectivity index (χ0n) is 19.9. The Bertz CT molecular complexity index is 1180. The summed E-state index contributed by atoms with van der Waals surface area (Å²) < 4.78 is 22.2. The minimum atomic E-state index is -0.627. The third-order valence-electron chi connectivity index (χ3n) is 5.63. The van der Waals surface area contributed by atoms with Crippen LogP contribution in [0.15, 0.2) is 66.7 Å². The summed E-state index contributed by atoms with van der Waals surface area (Å²) in [6, 6.07) is 19.8. The molecule has 0 aliphatic carbocycles. The van der Waals surface area contributed by atoms with Gasteiger partial charge in [0.15, 0.2) is 6.10 Å². The molecule has 0 unspecified atom stereocenters. The highest BCUT2D eigenvalue weighted by atomic mass is 16.5. The van der Waals surface area contributed by atoms with Crippen LogP contribution in [0.1, 0.15) is 22.8 Å². The molecular weight excluding hydrogens is 448 g/mol. The maximum Gasteiger partial charge on any atom is 0.263 e. The topological polar surface area (TPSA) is 86.3 Å². The van der Waals surface area contributed by atoms with Gasteiger partial charge in [0.05, 0.1) is 20.8 Å². The lowest BCUT2D eigenvalue weighted by molar-refractivity contribution is -0.138. The number of para-hydroxylation sites is 1. The molecule has 1 N–H and O–H groups in total. The van der Waals surface area contributed by atoms with Gasteiger partial charge in [0.1, 0.15) is 29.6 Å². The van der Waals surface area contributed by atoms with Crippen molar-refractivity contribution in [3.05, 3.63) is 77.9 Å². The summed E-state index contributed by atoms with van der Waals surface area (Å²) in [5.41, 5.74) is 1.78. The molecule has 3 aromatic rings. The van der Waals surface area contributed by atoms with Crippen LogP contribution in [-0.4, -0.2) is 50.2 Å². The average molecular weight is 477 g/mol. The van der Waals surface area contributed by atoms with Gasteiger partial charge in [-0.1, -0.05) is 18.2 Å². The largest absolute Gasteiger partial charge is 0.497 e. The SMILES string of the molecule is COc1cc(OC)cc(C(=O)Nc2ccc3c(c2)CN(CCOc2ccccc2)C(=O)[C@H](C)O3)c1. The predicted molar refractivity (Wildman–Crippen MR) is 131 cm³/mol. The fourth-order valence-electron chi connectivity index (χ4n) is 3.80. The number of hydrogen-bond donors (Lipinski definition) is 1. The van der Waals surface area contributed by atoms with Gasteiger partial charge in [-0.2, -0.15) is 0 Å². The molecule has 0 saturated carbocycles. The van der Waals surface area contributed by atoms with E-state index in [1.165, 1.54) is 14.2 Å². The number of amides is 2. The van der Waals surface area contributed by atoms with E-state index in [9.17, 15) is 9.59 Å². The van der Waals surface area contributed by atoms with E-state index < -0.39 is 6.10 Å². The molecule has 0 aromatic heterocycles. The number of nitrogens with one attached hydrogen (secondary N) is 1. The molecule has 0 saturated heterocycles. The molecule has 35 heavy (non-hydrogen) atoms. The Morgan fingerprint density at radius 1 is 1.00 bits per heavy atom. The van der Waals surface area contributed by atoms with E-state index in [4.69, 9.17) is 18.9 Å². The maximum atomic E-state index is 12.9. The van der Waals surface area contributed by atoms with Gasteiger partial charge in [0.25, 0.3) is 11.8 Å². The first-order valence-electron chi connectivity index (χ1n) is 11.3. The highest BCUT2D eigenvalue weighted by molar-refractivity contribution is 6.05. The highest BCUT2D eigenvalue weighted by Crippen LogP contribution is 2.29. The molecule has 8 nitrogen and oxygen atoms in total. The van der Waals surface area contributed by atoms with Gasteiger partial charge >= 0.3 is 0 Å². The first kappa shape index (κ1) is 23.9. The van der Waals surface area contributed by atoms with Crippen LogP contribution in [0.3, 0.4) is 0 Å². The molecule has 0 radical (unpaired) electrons. The van der Waals surface area contributed by atoms with Gasteiger partial charge in [-0.05, 0) is 49.4 Å². The number of rotatable bonds is 8. The average Bonchev–Trinajstić information content (AvgIpc) is 3.00. The number of carbonyl (C=O) groups is 2. The summed E-state index contributed by atoms with van der Waals surface area (Å²) in [5.74, 6) is 1.97. The van der Waals surface area contributed by atoms with Gasteiger partial charge in [-0.15, -0.1) is 0 Å². The van der Waals surface area contributed by atoms with Crippen molar-refractivity contribution >= 4 is 17.5 Å². The van der Waals surface area contributed by atoms with Gasteiger partial charge < -0.3 is 29.2 Å². The van der Waals surface area contributed by atoms with E-state index in [1.54, 1.807) is 42.2 Å². The molecule has 0 spiro atoms. The number of hydrogen-bond acceptors (Lipinski definition) is 6. The lowest BCUT2D eigenvalue weighted by Gasteiger charge is -2.22. The Morgan fingerprint density at radius 3 is 2.40 bits per heavy atom. The Morgan fingerprint density at radius 2 is 1.71 bits per heavy atom. The number of nitrogens with zero attached hydrogens (tertiary/aromatic N) is 1. The summed E-state index contributed by atoms with van der Waals surface area (Å²) in [5, 5.41) is 2.90. The zero-order valence-corrected chi connectivity index (χ0v) is 19.9. The van der Waals surface area contributed by atoms with Crippen LogP contribution in [-0.2, 0) is 11.3 Å². The maximum absolute atomic E-state index is 12.9. The highest BCUT2D eigenvalue weighted by Gasteiger charge is 2.28. The molecule has 0 bridgehead atoms. The van der Waals surface area contributed by atoms with Crippen molar-refractivity contribution in [2.75, 3.05) is 32.7 Å². The number of ether oxygens (including phenoxy) is 4. The Labute approximate surface area is 204 Å². The number of fused-ring (bicyclic) bond motifs is 1. The van der Waals surface area contributed by atoms with Crippen molar-refractivity contribution in [1.29, 1.82) is 0 Å². The second kappa shape index (κ2) is 10.8. The van der Waals surface area contributed by atoms with Crippen LogP contribution in [0.5, 0.6) is 23.0 Å². The summed E-state index contributed by atoms with van der Waals surface area (Å²) in [7, 11) is 3.06. The van der Waals surface area contributed by atoms with E-state index in [2.05, 4.69) is 5.32 Å². The Balaban J connectivity index is 1.48. The van der Waals surface area contributed by atoms with E-state index in [0.717, 1.165) is 11.3 Å². The first-order chi connectivity index (χ1) is 17.0. The van der Waals surface area contributed by atoms with Crippen LogP contribution in [0, 0.1) is 0 Å². The second-order valence-corrected chi connectivity index (χ2v) is 8.06. The van der Waals surface area contributed by atoms with Gasteiger partial charge in [0.2, 0.25) is 0 Å². The van der Waals surface area contributed by atoms with Crippen molar-refractivity contribution in [2.24, 2.45) is 0 Å². The molecule has 8 heteroatoms. The summed E-state index contributed by atoms with van der Waals surface area (Å²) in [4.78, 5) is 27.5. The standard InChI is InChI=1S/C27H28N2O6/c1-18-27(31)29(11-12-34-22-7-5-4-6-8-22)17-20-13-21(9-10-25(20)35-18)28-26(30)19-14-23(32-2)16-24(15-19)33-3/h4-10,13-16,18H,11-12,17H2,1-3H3,(H,28,30)/t18-/m0/s1. The normalized spacial score (nSPS) is 14.9. The van der Waals surface area contributed by atoms with Crippen LogP contribution in [0.25, 0.3) is 0 Å². The molecule has 1 heterocycles. The number of benzene rings is 3. The van der Waals surface area contributed by atoms with Gasteiger partial charge in [-0.3, -0.25) is 9.59 Å². The molecule has 1 aliphatic heterocycles. The lowest BCUT2D eigenvalue weighted by atomic mass is 10.1. The second-order valence-electron chi connectivity index (χ2n) is 8.06. The van der Waals surface area contributed by atoms with E-state index in [0.29, 0.717) is 48.2 Å². The van der Waals surface area contributed by atoms with E-state index >= 15 is 0 Å². The number of methoxy groups -OCH3 is 2. The summed E-state index contributed by atoms with van der Waals surface area (Å²) >= 11 is 0. The van der Waals surface area contributed by atoms with E-state index in [-0.39, 0.29) is 11.8 Å². The smallest absolute Gasteiger partial charge is 0.263 e. The van der Waals surface area contributed by atoms with Crippen LogP contribution < -0.4 is 24.3 Å². The molecule has 1 aliphatic rings. The minimum absolute atomic E-state index is 0.119. The third kappa shape index (κ3) is 5.84. The van der Waals surface area contributed by atoms with Gasteiger partial charge in [0, 0.05) is 29.4 Å². The van der Waals surface area contributed by atoms with Crippen LogP contribution in [0.2, 0.25) is 0 Å². The molecular formula is C27H28N2O6. The Kier molecular flexibility index (Phi) is 7.40. The monoisotopic (exact) mass is 476 g/mol. The minimum Gasteiger partial charge on any atom is -0.497 e. The lowest BCUT2D eigenvalue weighted by Crippen LogP contribution is -2.40. The quantitative estimate of drug-likeness (QED) is 0.526. The van der Waals surface area contributed by atoms with E-state index in [1.807, 2.05) is 36.4 Å². The summed E-state index contributed by atoms with van der Waals surface area (Å²) in [6.45, 7) is 2.83. The number of carbonyl (C=O) groups excluding carboxylic acids is 2. The van der Waals surface area contributed by atoms with Crippen LogP contribution >= 0.6 is 0 Å². The summed E-state index contributed by atoms with van der Waals surface area (Å²) in [6.07, 6.45) is -0.627. The zero-order chi connectivity index (χ0) is 24.8. The van der Waals surface area contributed by atoms with Crippen molar-refractivity contribution < 1.29 is 28.5 Å². The third-order valence-corrected chi connectivity index (χ3v) is 5.63. The molecule has 182 valence electrons. The molecule has 1 atom stereocenters. The van der Waals surface area contributed by atoms with Crippen LogP contribution in [0.4, 0.5) is 5.69 Å². The van der Waals surface area contributed by atoms with Gasteiger partial charge in [-0.25, -0.2) is 0 Å². The van der Waals surface area contributed by atoms with Crippen molar-refractivity contribution in [2.45, 2.75) is 19.6 Å². The van der Waals surface area contributed by atoms with Crippen molar-refractivity contribution in [3.8, 4) is 23.0 Å². The molecule has 0 fully saturated rings. The van der Waals surface area contributed by atoms with Crippen molar-refractivity contribution in [1.82, 2.24) is 4.90 Å². The molecule has 2 amide bonds. The fourth-order valence-corrected chi connectivity index (χ4v) is 3.80.